The molecule has 3 aromatic carbocycles. The Kier molecular flexibility index (Phi) is 9.91. The third-order valence-electron chi connectivity index (χ3n) is 6.27. The summed E-state index contributed by atoms with van der Waals surface area (Å²) in [7, 11) is 1.62. The zero-order valence-corrected chi connectivity index (χ0v) is 20.9. The Morgan fingerprint density at radius 2 is 1.54 bits per heavy atom. The Labute approximate surface area is 209 Å². The highest BCUT2D eigenvalue weighted by molar-refractivity contribution is 5.87. The monoisotopic (exact) mass is 472 g/mol. The van der Waals surface area contributed by atoms with E-state index in [1.165, 1.54) is 0 Å². The summed E-state index contributed by atoms with van der Waals surface area (Å²) in [6.07, 6.45) is 2.17. The maximum atomic E-state index is 13.8. The predicted molar refractivity (Wildman–Crippen MR) is 140 cm³/mol. The molecular weight excluding hydrogens is 436 g/mol. The van der Waals surface area contributed by atoms with Crippen LogP contribution in [0.3, 0.4) is 0 Å². The molecule has 2 amide bonds. The molecule has 0 saturated heterocycles. The van der Waals surface area contributed by atoms with E-state index in [9.17, 15) is 9.59 Å². The third kappa shape index (κ3) is 7.44. The number of unbranched alkanes of at least 4 members (excludes halogenated alkanes) is 1. The van der Waals surface area contributed by atoms with Gasteiger partial charge in [0.2, 0.25) is 11.8 Å². The average Bonchev–Trinajstić information content (AvgIpc) is 2.91. The van der Waals surface area contributed by atoms with Crippen LogP contribution in [0.5, 0.6) is 5.75 Å². The Morgan fingerprint density at radius 3 is 2.11 bits per heavy atom. The molecule has 0 saturated carbocycles. The van der Waals surface area contributed by atoms with Crippen LogP contribution in [-0.2, 0) is 16.1 Å². The summed E-state index contributed by atoms with van der Waals surface area (Å²) in [4.78, 5) is 28.5. The number of rotatable bonds is 12. The van der Waals surface area contributed by atoms with Gasteiger partial charge in [0, 0.05) is 25.4 Å². The molecule has 1 atom stereocenters. The fraction of sp³-hybridized carbons (Fsp3) is 0.333. The van der Waals surface area contributed by atoms with Crippen molar-refractivity contribution in [3.63, 3.8) is 0 Å². The molecule has 0 aliphatic rings. The summed E-state index contributed by atoms with van der Waals surface area (Å²) in [6.45, 7) is 4.83. The van der Waals surface area contributed by atoms with E-state index >= 15 is 0 Å². The zero-order chi connectivity index (χ0) is 25.0. The normalized spacial score (nSPS) is 11.7. The minimum absolute atomic E-state index is 0.0660. The Morgan fingerprint density at radius 1 is 0.914 bits per heavy atom. The average molecular weight is 473 g/mol. The maximum Gasteiger partial charge on any atom is 0.242 e. The molecule has 0 unspecified atom stereocenters. The highest BCUT2D eigenvalue weighted by Crippen LogP contribution is 2.29. The van der Waals surface area contributed by atoms with Gasteiger partial charge in [-0.25, -0.2) is 0 Å². The molecule has 3 aromatic rings. The van der Waals surface area contributed by atoms with E-state index in [0.717, 1.165) is 35.3 Å². The minimum Gasteiger partial charge on any atom is -0.497 e. The highest BCUT2D eigenvalue weighted by atomic mass is 16.5. The molecule has 35 heavy (non-hydrogen) atoms. The summed E-state index contributed by atoms with van der Waals surface area (Å²) in [6, 6.07) is 27.2. The van der Waals surface area contributed by atoms with Gasteiger partial charge >= 0.3 is 0 Å². The molecule has 1 N–H and O–H groups in total. The second-order valence-corrected chi connectivity index (χ2v) is 8.77. The van der Waals surface area contributed by atoms with Crippen LogP contribution in [0.1, 0.15) is 55.7 Å². The molecule has 0 aliphatic heterocycles. The van der Waals surface area contributed by atoms with Crippen molar-refractivity contribution in [2.45, 2.75) is 51.6 Å². The number of methoxy groups -OCH3 is 1. The van der Waals surface area contributed by atoms with Gasteiger partial charge < -0.3 is 15.0 Å². The van der Waals surface area contributed by atoms with Crippen molar-refractivity contribution < 1.29 is 14.3 Å². The largest absolute Gasteiger partial charge is 0.497 e. The molecule has 0 radical (unpaired) electrons. The van der Waals surface area contributed by atoms with Crippen molar-refractivity contribution in [1.29, 1.82) is 0 Å². The smallest absolute Gasteiger partial charge is 0.242 e. The number of nitrogens with one attached hydrogen (secondary N) is 1. The van der Waals surface area contributed by atoms with Crippen molar-refractivity contribution in [2.24, 2.45) is 0 Å². The number of benzene rings is 3. The summed E-state index contributed by atoms with van der Waals surface area (Å²) in [5.41, 5.74) is 3.07. The molecule has 3 rings (SSSR count). The van der Waals surface area contributed by atoms with Crippen LogP contribution in [0.2, 0.25) is 0 Å². The Bertz CT molecular complexity index is 1030. The van der Waals surface area contributed by atoms with Gasteiger partial charge in [0.1, 0.15) is 11.8 Å². The van der Waals surface area contributed by atoms with Crippen LogP contribution < -0.4 is 10.1 Å². The molecule has 0 heterocycles. The van der Waals surface area contributed by atoms with Gasteiger partial charge in [-0.05, 0) is 42.2 Å². The van der Waals surface area contributed by atoms with E-state index < -0.39 is 6.04 Å². The number of carbonyl (C=O) groups is 2. The van der Waals surface area contributed by atoms with E-state index in [4.69, 9.17) is 4.74 Å². The second kappa shape index (κ2) is 13.3. The lowest BCUT2D eigenvalue weighted by Crippen LogP contribution is -2.48. The summed E-state index contributed by atoms with van der Waals surface area (Å²) >= 11 is 0. The van der Waals surface area contributed by atoms with Crippen LogP contribution in [0.15, 0.2) is 84.9 Å². The lowest BCUT2D eigenvalue weighted by molar-refractivity contribution is -0.140. The van der Waals surface area contributed by atoms with Crippen molar-refractivity contribution in [2.75, 3.05) is 13.7 Å². The Balaban J connectivity index is 1.89. The van der Waals surface area contributed by atoms with Crippen molar-refractivity contribution >= 4 is 11.8 Å². The van der Waals surface area contributed by atoms with E-state index in [0.29, 0.717) is 13.1 Å². The minimum atomic E-state index is -0.599. The number of ether oxygens (including phenoxy) is 1. The number of hydrogen-bond donors (Lipinski definition) is 1. The van der Waals surface area contributed by atoms with Crippen LogP contribution in [0, 0.1) is 0 Å². The zero-order valence-electron chi connectivity index (χ0n) is 20.9. The van der Waals surface area contributed by atoms with Crippen molar-refractivity contribution in [3.8, 4) is 5.75 Å². The van der Waals surface area contributed by atoms with Gasteiger partial charge in [0.05, 0.1) is 7.11 Å². The quantitative estimate of drug-likeness (QED) is 0.352. The molecule has 5 nitrogen and oxygen atoms in total. The number of carbonyl (C=O) groups excluding carboxylic acids is 2. The molecule has 5 heteroatoms. The standard InChI is InChI=1S/C30H36N2O3/c1-4-5-19-31-30(34)23(2)32(22-24-13-12-18-27(20-24)35-3)29(33)21-28(25-14-8-6-9-15-25)26-16-10-7-11-17-26/h6-18,20,23,28H,4-5,19,21-22H2,1-3H3,(H,31,34)/t23-/m0/s1. The SMILES string of the molecule is CCCCNC(=O)[C@H](C)N(Cc1cccc(OC)c1)C(=O)CC(c1ccccc1)c1ccccc1. The first kappa shape index (κ1) is 26.0. The van der Waals surface area contributed by atoms with Crippen molar-refractivity contribution in [1.82, 2.24) is 10.2 Å². The van der Waals surface area contributed by atoms with Gasteiger partial charge in [0.15, 0.2) is 0 Å². The molecule has 0 fully saturated rings. The molecule has 0 aromatic heterocycles. The van der Waals surface area contributed by atoms with Crippen molar-refractivity contribution in [3.05, 3.63) is 102 Å². The predicted octanol–water partition coefficient (Wildman–Crippen LogP) is 5.55. The van der Waals surface area contributed by atoms with E-state index in [1.54, 1.807) is 18.9 Å². The van der Waals surface area contributed by atoms with E-state index in [1.807, 2.05) is 60.7 Å². The number of hydrogen-bond acceptors (Lipinski definition) is 3. The Hall–Kier alpha value is -3.60. The summed E-state index contributed by atoms with van der Waals surface area (Å²) in [5.74, 6) is 0.420. The fourth-order valence-electron chi connectivity index (χ4n) is 4.18. The summed E-state index contributed by atoms with van der Waals surface area (Å²) < 4.78 is 5.37. The third-order valence-corrected chi connectivity index (χ3v) is 6.27. The number of amides is 2. The fourth-order valence-corrected chi connectivity index (χ4v) is 4.18. The van der Waals surface area contributed by atoms with Crippen LogP contribution in [-0.4, -0.2) is 36.4 Å². The van der Waals surface area contributed by atoms with Gasteiger partial charge in [0.25, 0.3) is 0 Å². The van der Waals surface area contributed by atoms with E-state index in [2.05, 4.69) is 36.5 Å². The topological polar surface area (TPSA) is 58.6 Å². The lowest BCUT2D eigenvalue weighted by atomic mass is 9.88. The molecule has 0 aliphatic carbocycles. The second-order valence-electron chi connectivity index (χ2n) is 8.77. The summed E-state index contributed by atoms with van der Waals surface area (Å²) in [5, 5.41) is 2.99. The lowest BCUT2D eigenvalue weighted by Gasteiger charge is -2.30. The van der Waals surface area contributed by atoms with Gasteiger partial charge in [-0.3, -0.25) is 9.59 Å². The van der Waals surface area contributed by atoms with Crippen LogP contribution in [0.25, 0.3) is 0 Å². The molecule has 0 spiro atoms. The van der Waals surface area contributed by atoms with Crippen LogP contribution >= 0.6 is 0 Å². The highest BCUT2D eigenvalue weighted by Gasteiger charge is 2.29. The first-order valence-electron chi connectivity index (χ1n) is 12.3. The van der Waals surface area contributed by atoms with Crippen LogP contribution in [0.4, 0.5) is 0 Å². The van der Waals surface area contributed by atoms with Gasteiger partial charge in [-0.2, -0.15) is 0 Å². The molecule has 0 bridgehead atoms. The first-order chi connectivity index (χ1) is 17.0. The molecule has 184 valence electrons. The maximum absolute atomic E-state index is 13.8. The van der Waals surface area contributed by atoms with Gasteiger partial charge in [-0.15, -0.1) is 0 Å². The van der Waals surface area contributed by atoms with E-state index in [-0.39, 0.29) is 24.2 Å². The first-order valence-corrected chi connectivity index (χ1v) is 12.3. The molecular formula is C30H36N2O3. The number of nitrogens with zero attached hydrogens (tertiary/aromatic N) is 1. The van der Waals surface area contributed by atoms with Gasteiger partial charge in [-0.1, -0.05) is 86.1 Å².